The van der Waals surface area contributed by atoms with Gasteiger partial charge in [0.15, 0.2) is 0 Å². The number of hydrogen-bond donors (Lipinski definition) is 2. The SMILES string of the molecule is Cl.NC[C@]1(c2cccc(Cl)c2)CC[C@@H](NC(=O)c2ccnnc2)CC1. The third-order valence-corrected chi connectivity index (χ3v) is 5.19. The molecule has 1 amide bonds. The zero-order valence-electron chi connectivity index (χ0n) is 13.8. The van der Waals surface area contributed by atoms with E-state index in [1.54, 1.807) is 6.07 Å². The molecule has 134 valence electrons. The Balaban J connectivity index is 0.00000225. The zero-order chi connectivity index (χ0) is 17.0. The summed E-state index contributed by atoms with van der Waals surface area (Å²) in [6, 6.07) is 9.78. The van der Waals surface area contributed by atoms with Gasteiger partial charge in [-0.1, -0.05) is 23.7 Å². The maximum atomic E-state index is 12.2. The van der Waals surface area contributed by atoms with Gasteiger partial charge in [-0.25, -0.2) is 0 Å². The van der Waals surface area contributed by atoms with Crippen LogP contribution in [0.25, 0.3) is 0 Å². The molecule has 1 aliphatic rings. The zero-order valence-corrected chi connectivity index (χ0v) is 15.4. The summed E-state index contributed by atoms with van der Waals surface area (Å²) in [5.41, 5.74) is 7.79. The Morgan fingerprint density at radius 1 is 1.28 bits per heavy atom. The van der Waals surface area contributed by atoms with Crippen LogP contribution in [0, 0.1) is 0 Å². The molecule has 1 aliphatic carbocycles. The van der Waals surface area contributed by atoms with Gasteiger partial charge >= 0.3 is 0 Å². The van der Waals surface area contributed by atoms with Crippen LogP contribution in [0.1, 0.15) is 41.6 Å². The molecule has 5 nitrogen and oxygen atoms in total. The first-order chi connectivity index (χ1) is 11.6. The number of rotatable bonds is 4. The molecule has 3 N–H and O–H groups in total. The van der Waals surface area contributed by atoms with E-state index >= 15 is 0 Å². The largest absolute Gasteiger partial charge is 0.349 e. The lowest BCUT2D eigenvalue weighted by Crippen LogP contribution is -2.45. The van der Waals surface area contributed by atoms with E-state index in [0.717, 1.165) is 30.7 Å². The highest BCUT2D eigenvalue weighted by Gasteiger charge is 2.36. The first-order valence-corrected chi connectivity index (χ1v) is 8.54. The van der Waals surface area contributed by atoms with Gasteiger partial charge in [0.2, 0.25) is 0 Å². The second-order valence-corrected chi connectivity index (χ2v) is 6.81. The molecule has 0 spiro atoms. The van der Waals surface area contributed by atoms with E-state index in [4.69, 9.17) is 17.3 Å². The molecule has 0 atom stereocenters. The smallest absolute Gasteiger partial charge is 0.253 e. The summed E-state index contributed by atoms with van der Waals surface area (Å²) >= 11 is 6.14. The fraction of sp³-hybridized carbons (Fsp3) is 0.389. The van der Waals surface area contributed by atoms with Gasteiger partial charge in [0.25, 0.3) is 5.91 Å². The summed E-state index contributed by atoms with van der Waals surface area (Å²) in [6.45, 7) is 0.586. The number of aromatic nitrogens is 2. The van der Waals surface area contributed by atoms with Gasteiger partial charge in [0, 0.05) is 23.0 Å². The Bertz CT molecular complexity index is 703. The van der Waals surface area contributed by atoms with Gasteiger partial charge in [-0.3, -0.25) is 4.79 Å². The number of nitrogens with zero attached hydrogens (tertiary/aromatic N) is 2. The van der Waals surface area contributed by atoms with Crippen molar-refractivity contribution < 1.29 is 4.79 Å². The molecule has 25 heavy (non-hydrogen) atoms. The van der Waals surface area contributed by atoms with Crippen LogP contribution in [0.5, 0.6) is 0 Å². The van der Waals surface area contributed by atoms with Crippen LogP contribution in [0.4, 0.5) is 0 Å². The van der Waals surface area contributed by atoms with E-state index in [1.165, 1.54) is 18.0 Å². The second-order valence-electron chi connectivity index (χ2n) is 6.37. The van der Waals surface area contributed by atoms with Crippen LogP contribution >= 0.6 is 24.0 Å². The molecule has 1 fully saturated rings. The first-order valence-electron chi connectivity index (χ1n) is 8.17. The lowest BCUT2D eigenvalue weighted by molar-refractivity contribution is 0.0917. The van der Waals surface area contributed by atoms with Crippen molar-refractivity contribution in [2.45, 2.75) is 37.1 Å². The molecule has 1 aromatic carbocycles. The number of nitrogens with one attached hydrogen (secondary N) is 1. The molecule has 0 aliphatic heterocycles. The van der Waals surface area contributed by atoms with E-state index in [0.29, 0.717) is 12.1 Å². The Morgan fingerprint density at radius 3 is 2.64 bits per heavy atom. The third kappa shape index (κ3) is 4.48. The Labute approximate surface area is 158 Å². The van der Waals surface area contributed by atoms with Crippen LogP contribution in [0.3, 0.4) is 0 Å². The summed E-state index contributed by atoms with van der Waals surface area (Å²) in [6.07, 6.45) is 6.66. The summed E-state index contributed by atoms with van der Waals surface area (Å²) < 4.78 is 0. The van der Waals surface area contributed by atoms with Gasteiger partial charge < -0.3 is 11.1 Å². The Hall–Kier alpha value is -1.69. The third-order valence-electron chi connectivity index (χ3n) is 4.95. The molecule has 1 aromatic heterocycles. The van der Waals surface area contributed by atoms with Crippen molar-refractivity contribution in [2.24, 2.45) is 5.73 Å². The van der Waals surface area contributed by atoms with Crippen molar-refractivity contribution in [3.05, 3.63) is 58.9 Å². The fourth-order valence-electron chi connectivity index (χ4n) is 3.44. The standard InChI is InChI=1S/C18H21ClN4O.ClH/c19-15-3-1-2-14(10-15)18(12-20)7-4-16(5-8-18)23-17(24)13-6-9-21-22-11-13;/h1-3,6,9-11,16H,4-5,7-8,12,20H2,(H,23,24);1H/t16-,18+;. The van der Waals surface area contributed by atoms with Crippen molar-refractivity contribution in [2.75, 3.05) is 6.54 Å². The number of benzene rings is 1. The van der Waals surface area contributed by atoms with Crippen molar-refractivity contribution in [1.29, 1.82) is 0 Å². The minimum atomic E-state index is -0.0992. The lowest BCUT2D eigenvalue weighted by Gasteiger charge is -2.40. The monoisotopic (exact) mass is 380 g/mol. The minimum Gasteiger partial charge on any atom is -0.349 e. The molecule has 0 radical (unpaired) electrons. The van der Waals surface area contributed by atoms with Gasteiger partial charge in [-0.2, -0.15) is 10.2 Å². The van der Waals surface area contributed by atoms with Crippen LogP contribution in [-0.4, -0.2) is 28.7 Å². The lowest BCUT2D eigenvalue weighted by atomic mass is 9.68. The van der Waals surface area contributed by atoms with E-state index < -0.39 is 0 Å². The predicted molar refractivity (Wildman–Crippen MR) is 101 cm³/mol. The molecule has 7 heteroatoms. The average Bonchev–Trinajstić information content (AvgIpc) is 2.63. The Kier molecular flexibility index (Phi) is 6.76. The first kappa shape index (κ1) is 19.6. The van der Waals surface area contributed by atoms with Crippen molar-refractivity contribution in [1.82, 2.24) is 15.5 Å². The summed E-state index contributed by atoms with van der Waals surface area (Å²) in [4.78, 5) is 12.2. The van der Waals surface area contributed by atoms with Crippen LogP contribution < -0.4 is 11.1 Å². The quantitative estimate of drug-likeness (QED) is 0.853. The maximum absolute atomic E-state index is 12.2. The molecule has 1 heterocycles. The van der Waals surface area contributed by atoms with E-state index in [2.05, 4.69) is 21.6 Å². The summed E-state index contributed by atoms with van der Waals surface area (Å²) in [5, 5.41) is 11.3. The highest BCUT2D eigenvalue weighted by Crippen LogP contribution is 2.39. The number of amides is 1. The number of hydrogen-bond acceptors (Lipinski definition) is 4. The van der Waals surface area contributed by atoms with Gasteiger partial charge in [0.05, 0.1) is 18.0 Å². The molecule has 0 unspecified atom stereocenters. The normalized spacial score (nSPS) is 22.7. The van der Waals surface area contributed by atoms with Crippen molar-refractivity contribution in [3.63, 3.8) is 0 Å². The van der Waals surface area contributed by atoms with E-state index in [9.17, 15) is 4.79 Å². The average molecular weight is 381 g/mol. The Morgan fingerprint density at radius 2 is 2.04 bits per heavy atom. The number of nitrogens with two attached hydrogens (primary N) is 1. The summed E-state index contributed by atoms with van der Waals surface area (Å²) in [5.74, 6) is -0.0992. The molecule has 0 saturated heterocycles. The molecular formula is C18H22Cl2N4O. The highest BCUT2D eigenvalue weighted by atomic mass is 35.5. The van der Waals surface area contributed by atoms with Gasteiger partial charge in [-0.15, -0.1) is 12.4 Å². The highest BCUT2D eigenvalue weighted by molar-refractivity contribution is 6.30. The van der Waals surface area contributed by atoms with Gasteiger partial charge in [-0.05, 0) is 49.4 Å². The minimum absolute atomic E-state index is 0. The van der Waals surface area contributed by atoms with E-state index in [1.807, 2.05) is 18.2 Å². The van der Waals surface area contributed by atoms with E-state index in [-0.39, 0.29) is 29.8 Å². The van der Waals surface area contributed by atoms with Gasteiger partial charge in [0.1, 0.15) is 0 Å². The molecule has 3 rings (SSSR count). The number of carbonyl (C=O) groups is 1. The number of halogens is 2. The maximum Gasteiger partial charge on any atom is 0.253 e. The van der Waals surface area contributed by atoms with Crippen LogP contribution in [0.15, 0.2) is 42.7 Å². The van der Waals surface area contributed by atoms with Crippen LogP contribution in [0.2, 0.25) is 5.02 Å². The van der Waals surface area contributed by atoms with Crippen molar-refractivity contribution >= 4 is 29.9 Å². The van der Waals surface area contributed by atoms with Crippen LogP contribution in [-0.2, 0) is 5.41 Å². The summed E-state index contributed by atoms with van der Waals surface area (Å²) in [7, 11) is 0. The van der Waals surface area contributed by atoms with Crippen molar-refractivity contribution in [3.8, 4) is 0 Å². The molecule has 1 saturated carbocycles. The second kappa shape index (κ2) is 8.61. The predicted octanol–water partition coefficient (Wildman–Crippen LogP) is 3.12. The fourth-order valence-corrected chi connectivity index (χ4v) is 3.63. The molecule has 0 bridgehead atoms. The molecular weight excluding hydrogens is 359 g/mol. The topological polar surface area (TPSA) is 80.9 Å². The number of carbonyl (C=O) groups excluding carboxylic acids is 1. The molecule has 2 aromatic rings.